The number of rotatable bonds is 28. The standard InChI is InChI=1S/C30H57BO6.2C10H20O2.Zn/c1-28(2,3)22-16-10-13-19-25(32)35-31(36-26(33)20-14-11-17-23-29(4,5)6)37-27(34)21-15-12-18-24-30(7,8)9;2*1-10(2,3)8-6-4-5-7-9(11)12;/h10-24H2,1-9H3;2*4-8H2,1-3H3,(H,11,12);. The first-order chi connectivity index (χ1) is 27.8. The second-order valence-electron chi connectivity index (χ2n) is 23.2. The van der Waals surface area contributed by atoms with Gasteiger partial charge in [-0.2, -0.15) is 0 Å². The Hall–Kier alpha value is -1.96. The molecule has 2 N–H and O–H groups in total. The molecule has 0 radical (unpaired) electrons. The molecular weight excluding hydrogens is 837 g/mol. The monoisotopic (exact) mass is 933 g/mol. The molecule has 0 aromatic heterocycles. The largest absolute Gasteiger partial charge is 0.870 e. The molecule has 0 atom stereocenters. The summed E-state index contributed by atoms with van der Waals surface area (Å²) in [6, 6.07) is 0. The molecule has 0 heterocycles. The van der Waals surface area contributed by atoms with Crippen molar-refractivity contribution in [1.82, 2.24) is 0 Å². The van der Waals surface area contributed by atoms with Crippen molar-refractivity contribution in [2.75, 3.05) is 0 Å². The van der Waals surface area contributed by atoms with Crippen molar-refractivity contribution in [3.8, 4) is 0 Å². The third-order valence-corrected chi connectivity index (χ3v) is 9.74. The van der Waals surface area contributed by atoms with E-state index in [-0.39, 0.29) is 55.0 Å². The van der Waals surface area contributed by atoms with Crippen molar-refractivity contribution in [3.05, 3.63) is 0 Å². The molecule has 0 aromatic rings. The van der Waals surface area contributed by atoms with Crippen LogP contribution in [0.1, 0.15) is 264 Å². The number of carbonyl (C=O) groups excluding carboxylic acids is 3. The molecule has 0 saturated carbocycles. The summed E-state index contributed by atoms with van der Waals surface area (Å²) in [5.41, 5.74) is 1.60. The maximum absolute atomic E-state index is 12.4. The predicted octanol–water partition coefficient (Wildman–Crippen LogP) is 14.7. The van der Waals surface area contributed by atoms with Crippen LogP contribution in [0.4, 0.5) is 0 Å². The first kappa shape index (κ1) is 66.6. The van der Waals surface area contributed by atoms with Gasteiger partial charge in [0, 0.05) is 51.6 Å². The molecular formula is C50H97BO10Zn. The second kappa shape index (κ2) is 36.3. The Morgan fingerprint density at radius 2 is 0.500 bits per heavy atom. The van der Waals surface area contributed by atoms with Gasteiger partial charge in [0.1, 0.15) is 0 Å². The van der Waals surface area contributed by atoms with Crippen LogP contribution in [0.3, 0.4) is 0 Å². The fourth-order valence-electron chi connectivity index (χ4n) is 6.09. The Morgan fingerprint density at radius 1 is 0.323 bits per heavy atom. The van der Waals surface area contributed by atoms with Gasteiger partial charge in [-0.1, -0.05) is 168 Å². The van der Waals surface area contributed by atoms with Crippen molar-refractivity contribution >= 4 is 37.2 Å². The van der Waals surface area contributed by atoms with Crippen molar-refractivity contribution < 1.29 is 67.6 Å². The van der Waals surface area contributed by atoms with E-state index in [2.05, 4.69) is 104 Å². The zero-order valence-corrected chi connectivity index (χ0v) is 46.1. The van der Waals surface area contributed by atoms with Gasteiger partial charge < -0.3 is 24.2 Å². The number of carboxylic acids is 2. The van der Waals surface area contributed by atoms with E-state index in [9.17, 15) is 24.0 Å². The van der Waals surface area contributed by atoms with Crippen LogP contribution in [-0.2, 0) is 57.4 Å². The van der Waals surface area contributed by atoms with E-state index < -0.39 is 37.2 Å². The third-order valence-electron chi connectivity index (χ3n) is 9.74. The summed E-state index contributed by atoms with van der Waals surface area (Å²) in [4.78, 5) is 57.4. The zero-order valence-electron chi connectivity index (χ0n) is 43.1. The molecule has 0 amide bonds. The molecule has 0 aliphatic rings. The average molecular weight is 935 g/mol. The van der Waals surface area contributed by atoms with Gasteiger partial charge >= 0.3 is 19.3 Å². The SMILES string of the molecule is CC(C)(C)CCCCCC(=O)O.CC(C)(C)CCCCCC(=O)O.CC(C)(C)CCCCCC(=O)OB(OC(=O)CCCCCC(C)(C)C)OC(=O)CCCCCC(C)(C)C.[Zn]. The van der Waals surface area contributed by atoms with Gasteiger partial charge in [-0.05, 0) is 91.3 Å². The van der Waals surface area contributed by atoms with E-state index in [0.717, 1.165) is 96.3 Å². The minimum atomic E-state index is -1.61. The number of carbonyl (C=O) groups is 5. The van der Waals surface area contributed by atoms with Crippen LogP contribution in [0.2, 0.25) is 0 Å². The fourth-order valence-corrected chi connectivity index (χ4v) is 6.09. The number of carboxylic acid groups (broad SMARTS) is 2. The Bertz CT molecular complexity index is 1050. The summed E-state index contributed by atoms with van der Waals surface area (Å²) in [5.74, 6) is -2.90. The van der Waals surface area contributed by atoms with Gasteiger partial charge in [-0.25, -0.2) is 0 Å². The first-order valence-corrected chi connectivity index (χ1v) is 23.8. The predicted molar refractivity (Wildman–Crippen MR) is 252 cm³/mol. The van der Waals surface area contributed by atoms with E-state index in [1.807, 2.05) is 0 Å². The van der Waals surface area contributed by atoms with E-state index in [0.29, 0.717) is 42.9 Å². The van der Waals surface area contributed by atoms with Crippen LogP contribution < -0.4 is 0 Å². The van der Waals surface area contributed by atoms with E-state index >= 15 is 0 Å². The van der Waals surface area contributed by atoms with Gasteiger partial charge in [-0.3, -0.25) is 24.0 Å². The average Bonchev–Trinajstić information content (AvgIpc) is 3.05. The number of hydrogen-bond donors (Lipinski definition) is 2. The summed E-state index contributed by atoms with van der Waals surface area (Å²) >= 11 is 0. The van der Waals surface area contributed by atoms with Gasteiger partial charge in [0.05, 0.1) is 0 Å². The number of hydrogen-bond acceptors (Lipinski definition) is 8. The van der Waals surface area contributed by atoms with Crippen molar-refractivity contribution in [1.29, 1.82) is 0 Å². The molecule has 12 heteroatoms. The van der Waals surface area contributed by atoms with Crippen LogP contribution in [-0.4, -0.2) is 47.4 Å². The Labute approximate surface area is 394 Å². The van der Waals surface area contributed by atoms with Crippen molar-refractivity contribution in [2.45, 2.75) is 264 Å². The topological polar surface area (TPSA) is 153 Å². The molecule has 362 valence electrons. The van der Waals surface area contributed by atoms with Crippen LogP contribution in [0, 0.1) is 27.1 Å². The maximum atomic E-state index is 12.4. The quantitative estimate of drug-likeness (QED) is 0.0572. The minimum Gasteiger partial charge on any atom is -0.481 e. The van der Waals surface area contributed by atoms with E-state index in [1.165, 1.54) is 12.8 Å². The van der Waals surface area contributed by atoms with Crippen molar-refractivity contribution in [3.63, 3.8) is 0 Å². The van der Waals surface area contributed by atoms with Crippen molar-refractivity contribution in [2.24, 2.45) is 27.1 Å². The summed E-state index contributed by atoms with van der Waals surface area (Å²) in [6.45, 7) is 33.1. The van der Waals surface area contributed by atoms with Gasteiger partial charge in [0.2, 0.25) is 0 Å². The second-order valence-corrected chi connectivity index (χ2v) is 23.2. The minimum absolute atomic E-state index is 0. The van der Waals surface area contributed by atoms with Crippen LogP contribution in [0.25, 0.3) is 0 Å². The molecule has 0 aromatic carbocycles. The van der Waals surface area contributed by atoms with E-state index in [4.69, 9.17) is 24.2 Å². The fraction of sp³-hybridized carbons (Fsp3) is 0.900. The summed E-state index contributed by atoms with van der Waals surface area (Å²) < 4.78 is 15.8. The van der Waals surface area contributed by atoms with E-state index in [1.54, 1.807) is 0 Å². The molecule has 10 nitrogen and oxygen atoms in total. The molecule has 0 aliphatic carbocycles. The Kier molecular flexibility index (Phi) is 39.0. The number of unbranched alkanes of at least 4 members (excludes halogenated alkanes) is 10. The number of aliphatic carboxylic acids is 2. The summed E-state index contributed by atoms with van der Waals surface area (Å²) in [5, 5.41) is 16.7. The molecule has 0 unspecified atom stereocenters. The maximum Gasteiger partial charge on any atom is 0.870 e. The van der Waals surface area contributed by atoms with Crippen LogP contribution >= 0.6 is 0 Å². The Balaban J connectivity index is -0.000000545. The van der Waals surface area contributed by atoms with Crippen LogP contribution in [0.5, 0.6) is 0 Å². The zero-order chi connectivity index (χ0) is 47.8. The first-order valence-electron chi connectivity index (χ1n) is 23.8. The third kappa shape index (κ3) is 62.3. The summed E-state index contributed by atoms with van der Waals surface area (Å²) in [6.07, 6.45) is 20.9. The smallest absolute Gasteiger partial charge is 0.481 e. The molecule has 0 fully saturated rings. The van der Waals surface area contributed by atoms with Gasteiger partial charge in [0.25, 0.3) is 17.9 Å². The molecule has 0 rings (SSSR count). The normalized spacial score (nSPS) is 11.8. The van der Waals surface area contributed by atoms with Crippen LogP contribution in [0.15, 0.2) is 0 Å². The Morgan fingerprint density at radius 3 is 0.661 bits per heavy atom. The van der Waals surface area contributed by atoms with Gasteiger partial charge in [0.15, 0.2) is 0 Å². The molecule has 62 heavy (non-hydrogen) atoms. The summed E-state index contributed by atoms with van der Waals surface area (Å²) in [7, 11) is -1.61. The molecule has 0 saturated heterocycles. The molecule has 0 bridgehead atoms. The molecule has 0 aliphatic heterocycles. The molecule has 0 spiro atoms. The van der Waals surface area contributed by atoms with Gasteiger partial charge in [-0.15, -0.1) is 0 Å².